The molecule has 134 valence electrons. The molecule has 0 heterocycles. The average Bonchev–Trinajstić information content (AvgIpc) is 2.60. The molecule has 2 aromatic rings. The SMILES string of the molecule is CCCCc1ccc(NS(=O)(=O)c2cc(F)ccc2C(=O)OC)cc1. The summed E-state index contributed by atoms with van der Waals surface area (Å²) < 4.78 is 45.6. The number of carbonyl (C=O) groups excluding carboxylic acids is 1. The maximum Gasteiger partial charge on any atom is 0.339 e. The van der Waals surface area contributed by atoms with Crippen LogP contribution in [0.15, 0.2) is 47.4 Å². The zero-order valence-electron chi connectivity index (χ0n) is 14.1. The molecule has 0 saturated carbocycles. The van der Waals surface area contributed by atoms with E-state index in [0.29, 0.717) is 5.69 Å². The quantitative estimate of drug-likeness (QED) is 0.759. The Morgan fingerprint density at radius 2 is 1.84 bits per heavy atom. The van der Waals surface area contributed by atoms with Crippen molar-refractivity contribution in [1.82, 2.24) is 0 Å². The second-order valence-corrected chi connectivity index (χ2v) is 7.19. The van der Waals surface area contributed by atoms with Gasteiger partial charge in [-0.15, -0.1) is 0 Å². The second-order valence-electron chi connectivity index (χ2n) is 5.54. The van der Waals surface area contributed by atoms with Gasteiger partial charge in [0.25, 0.3) is 10.0 Å². The topological polar surface area (TPSA) is 72.5 Å². The van der Waals surface area contributed by atoms with Crippen molar-refractivity contribution >= 4 is 21.7 Å². The van der Waals surface area contributed by atoms with Gasteiger partial charge in [0.2, 0.25) is 0 Å². The zero-order valence-corrected chi connectivity index (χ0v) is 14.9. The van der Waals surface area contributed by atoms with Crippen LogP contribution in [-0.4, -0.2) is 21.5 Å². The lowest BCUT2D eigenvalue weighted by Crippen LogP contribution is -2.18. The van der Waals surface area contributed by atoms with Gasteiger partial charge >= 0.3 is 5.97 Å². The minimum atomic E-state index is -4.14. The monoisotopic (exact) mass is 365 g/mol. The third kappa shape index (κ3) is 4.79. The van der Waals surface area contributed by atoms with E-state index in [0.717, 1.165) is 50.1 Å². The van der Waals surface area contributed by atoms with Gasteiger partial charge in [-0.1, -0.05) is 25.5 Å². The van der Waals surface area contributed by atoms with Crippen molar-refractivity contribution < 1.29 is 22.3 Å². The number of hydrogen-bond donors (Lipinski definition) is 1. The van der Waals surface area contributed by atoms with Gasteiger partial charge in [0, 0.05) is 5.69 Å². The number of nitrogens with one attached hydrogen (secondary N) is 1. The maximum absolute atomic E-state index is 13.5. The fraction of sp³-hybridized carbons (Fsp3) is 0.278. The molecule has 0 radical (unpaired) electrons. The van der Waals surface area contributed by atoms with Crippen molar-refractivity contribution in [1.29, 1.82) is 0 Å². The molecule has 0 aliphatic rings. The van der Waals surface area contributed by atoms with Gasteiger partial charge in [0.1, 0.15) is 10.7 Å². The third-order valence-electron chi connectivity index (χ3n) is 3.66. The molecule has 0 bridgehead atoms. The summed E-state index contributed by atoms with van der Waals surface area (Å²) in [5, 5.41) is 0. The molecule has 1 N–H and O–H groups in total. The van der Waals surface area contributed by atoms with Crippen molar-refractivity contribution in [3.8, 4) is 0 Å². The van der Waals surface area contributed by atoms with Gasteiger partial charge < -0.3 is 4.74 Å². The number of hydrogen-bond acceptors (Lipinski definition) is 4. The highest BCUT2D eigenvalue weighted by Crippen LogP contribution is 2.22. The van der Waals surface area contributed by atoms with E-state index in [9.17, 15) is 17.6 Å². The molecule has 25 heavy (non-hydrogen) atoms. The fourth-order valence-corrected chi connectivity index (χ4v) is 3.59. The Morgan fingerprint density at radius 3 is 2.44 bits per heavy atom. The summed E-state index contributed by atoms with van der Waals surface area (Å²) in [6.07, 6.45) is 3.04. The first kappa shape index (κ1) is 18.9. The highest BCUT2D eigenvalue weighted by molar-refractivity contribution is 7.92. The Hall–Kier alpha value is -2.41. The normalized spacial score (nSPS) is 11.2. The van der Waals surface area contributed by atoms with Crippen molar-refractivity contribution in [2.75, 3.05) is 11.8 Å². The Kier molecular flexibility index (Phi) is 6.14. The number of carbonyl (C=O) groups is 1. The van der Waals surface area contributed by atoms with E-state index in [2.05, 4.69) is 16.4 Å². The lowest BCUT2D eigenvalue weighted by Gasteiger charge is -2.12. The number of anilines is 1. The second kappa shape index (κ2) is 8.11. The summed E-state index contributed by atoms with van der Waals surface area (Å²) in [4.78, 5) is 11.3. The Labute approximate surface area is 146 Å². The number of rotatable bonds is 7. The number of esters is 1. The Balaban J connectivity index is 2.30. The van der Waals surface area contributed by atoms with Gasteiger partial charge in [-0.3, -0.25) is 4.72 Å². The van der Waals surface area contributed by atoms with E-state index < -0.39 is 26.7 Å². The minimum Gasteiger partial charge on any atom is -0.465 e. The molecule has 0 unspecified atom stereocenters. The van der Waals surface area contributed by atoms with Crippen LogP contribution in [0.2, 0.25) is 0 Å². The molecule has 0 aliphatic heterocycles. The molecule has 0 aromatic heterocycles. The van der Waals surface area contributed by atoms with E-state index in [1.165, 1.54) is 0 Å². The van der Waals surface area contributed by atoms with Crippen LogP contribution in [0.25, 0.3) is 0 Å². The molecule has 2 rings (SSSR count). The smallest absolute Gasteiger partial charge is 0.339 e. The molecule has 7 heteroatoms. The van der Waals surface area contributed by atoms with E-state index in [1.807, 2.05) is 12.1 Å². The summed E-state index contributed by atoms with van der Waals surface area (Å²) in [6, 6.07) is 9.83. The number of halogens is 1. The summed E-state index contributed by atoms with van der Waals surface area (Å²) in [6.45, 7) is 2.10. The first-order valence-corrected chi connectivity index (χ1v) is 9.35. The van der Waals surface area contributed by atoms with Crippen LogP contribution >= 0.6 is 0 Å². The number of methoxy groups -OCH3 is 1. The van der Waals surface area contributed by atoms with E-state index >= 15 is 0 Å². The number of aryl methyl sites for hydroxylation is 1. The fourth-order valence-electron chi connectivity index (χ4n) is 2.33. The molecular formula is C18H20FNO4S. The first-order valence-electron chi connectivity index (χ1n) is 7.87. The molecule has 5 nitrogen and oxygen atoms in total. The van der Waals surface area contributed by atoms with E-state index in [1.54, 1.807) is 12.1 Å². The average molecular weight is 365 g/mol. The summed E-state index contributed by atoms with van der Waals surface area (Å²) in [5.74, 6) is -1.61. The molecule has 0 amide bonds. The molecule has 0 fully saturated rings. The van der Waals surface area contributed by atoms with Crippen LogP contribution < -0.4 is 4.72 Å². The van der Waals surface area contributed by atoms with Crippen molar-refractivity contribution in [3.63, 3.8) is 0 Å². The molecule has 0 spiro atoms. The van der Waals surface area contributed by atoms with Gasteiger partial charge in [-0.25, -0.2) is 17.6 Å². The number of benzene rings is 2. The van der Waals surface area contributed by atoms with Gasteiger partial charge in [0.05, 0.1) is 12.7 Å². The van der Waals surface area contributed by atoms with E-state index in [-0.39, 0.29) is 5.56 Å². The van der Waals surface area contributed by atoms with Crippen molar-refractivity contribution in [2.45, 2.75) is 31.1 Å². The predicted molar refractivity (Wildman–Crippen MR) is 93.6 cm³/mol. The molecule has 0 aliphatic carbocycles. The summed E-state index contributed by atoms with van der Waals surface area (Å²) in [7, 11) is -3.01. The largest absolute Gasteiger partial charge is 0.465 e. The van der Waals surface area contributed by atoms with Crippen LogP contribution in [0.4, 0.5) is 10.1 Å². The van der Waals surface area contributed by atoms with Gasteiger partial charge in [-0.2, -0.15) is 0 Å². The van der Waals surface area contributed by atoms with Crippen LogP contribution in [0.1, 0.15) is 35.7 Å². The highest BCUT2D eigenvalue weighted by atomic mass is 32.2. The lowest BCUT2D eigenvalue weighted by atomic mass is 10.1. The Bertz CT molecular complexity index is 848. The number of unbranched alkanes of at least 4 members (excludes halogenated alkanes) is 1. The maximum atomic E-state index is 13.5. The first-order chi connectivity index (χ1) is 11.9. The van der Waals surface area contributed by atoms with Gasteiger partial charge in [-0.05, 0) is 48.7 Å². The van der Waals surface area contributed by atoms with Crippen LogP contribution in [0.5, 0.6) is 0 Å². The third-order valence-corrected chi connectivity index (χ3v) is 5.08. The lowest BCUT2D eigenvalue weighted by molar-refractivity contribution is 0.0596. The Morgan fingerprint density at radius 1 is 1.16 bits per heavy atom. The van der Waals surface area contributed by atoms with Crippen molar-refractivity contribution in [3.05, 3.63) is 59.4 Å². The highest BCUT2D eigenvalue weighted by Gasteiger charge is 2.24. The molecule has 0 atom stereocenters. The van der Waals surface area contributed by atoms with Gasteiger partial charge in [0.15, 0.2) is 0 Å². The molecule has 0 saturated heterocycles. The minimum absolute atomic E-state index is 0.226. The van der Waals surface area contributed by atoms with E-state index in [4.69, 9.17) is 0 Å². The summed E-state index contributed by atoms with van der Waals surface area (Å²) >= 11 is 0. The van der Waals surface area contributed by atoms with Crippen molar-refractivity contribution in [2.24, 2.45) is 0 Å². The van der Waals surface area contributed by atoms with Crippen LogP contribution in [0.3, 0.4) is 0 Å². The summed E-state index contributed by atoms with van der Waals surface area (Å²) in [5.41, 5.74) is 1.21. The van der Waals surface area contributed by atoms with Crippen LogP contribution in [0, 0.1) is 5.82 Å². The van der Waals surface area contributed by atoms with Crippen LogP contribution in [-0.2, 0) is 21.2 Å². The predicted octanol–water partition coefficient (Wildman–Crippen LogP) is 3.76. The number of ether oxygens (including phenoxy) is 1. The molecule has 2 aromatic carbocycles. The zero-order chi connectivity index (χ0) is 18.4. The standard InChI is InChI=1S/C18H20FNO4S/c1-3-4-5-13-6-9-15(10-7-13)20-25(22,23)17-12-14(19)8-11-16(17)18(21)24-2/h6-12,20H,3-5H2,1-2H3. The number of sulfonamides is 1. The molecular weight excluding hydrogens is 345 g/mol.